The molecule has 0 unspecified atom stereocenters. The van der Waals surface area contributed by atoms with Crippen LogP contribution in [0, 0.1) is 12.3 Å². The molecule has 1 aliphatic rings. The van der Waals surface area contributed by atoms with E-state index >= 15 is 0 Å². The van der Waals surface area contributed by atoms with Crippen molar-refractivity contribution >= 4 is 22.9 Å². The zero-order valence-corrected chi connectivity index (χ0v) is 15.3. The van der Waals surface area contributed by atoms with Crippen LogP contribution >= 0.6 is 0 Å². The summed E-state index contributed by atoms with van der Waals surface area (Å²) in [5.74, 6) is -1.22. The minimum absolute atomic E-state index is 0.0766. The average molecular weight is 360 g/mol. The van der Waals surface area contributed by atoms with Crippen molar-refractivity contribution in [2.75, 3.05) is 19.8 Å². The van der Waals surface area contributed by atoms with Crippen LogP contribution in [0.2, 0.25) is 0 Å². The van der Waals surface area contributed by atoms with Crippen LogP contribution in [0.4, 0.5) is 0 Å². The number of pyridine rings is 1. The second-order valence-electron chi connectivity index (χ2n) is 7.10. The zero-order chi connectivity index (χ0) is 18.9. The second-order valence-corrected chi connectivity index (χ2v) is 7.10. The van der Waals surface area contributed by atoms with Gasteiger partial charge in [-0.1, -0.05) is 0 Å². The zero-order valence-electron chi connectivity index (χ0n) is 15.3. The van der Waals surface area contributed by atoms with Gasteiger partial charge in [-0.2, -0.15) is 5.10 Å². The second kappa shape index (κ2) is 7.03. The monoisotopic (exact) mass is 360 g/mol. The minimum atomic E-state index is -0.970. The summed E-state index contributed by atoms with van der Waals surface area (Å²) in [5.41, 5.74) is 0.796. The third-order valence-corrected chi connectivity index (χ3v) is 4.98. The molecule has 140 valence electrons. The molecule has 1 saturated heterocycles. The number of nitrogens with zero attached hydrogens (tertiary/aromatic N) is 3. The van der Waals surface area contributed by atoms with Gasteiger partial charge in [-0.05, 0) is 39.7 Å². The maximum absolute atomic E-state index is 12.7. The van der Waals surface area contributed by atoms with E-state index in [1.807, 2.05) is 18.5 Å². The summed E-state index contributed by atoms with van der Waals surface area (Å²) in [7, 11) is 0. The molecule has 0 bridgehead atoms. The lowest BCUT2D eigenvalue weighted by molar-refractivity contribution is -0.154. The van der Waals surface area contributed by atoms with Gasteiger partial charge in [0.15, 0.2) is 5.65 Å². The van der Waals surface area contributed by atoms with Crippen LogP contribution in [-0.2, 0) is 9.53 Å². The van der Waals surface area contributed by atoms with E-state index in [1.165, 1.54) is 0 Å². The lowest BCUT2D eigenvalue weighted by atomic mass is 9.80. The highest BCUT2D eigenvalue weighted by molar-refractivity contribution is 5.98. The Hall–Kier alpha value is -2.48. The number of hydrogen-bond donors (Lipinski definition) is 2. The number of carbonyl (C=O) groups is 2. The van der Waals surface area contributed by atoms with Gasteiger partial charge in [0.25, 0.3) is 5.91 Å². The molecule has 0 spiro atoms. The van der Waals surface area contributed by atoms with Crippen LogP contribution in [0.1, 0.15) is 48.8 Å². The highest BCUT2D eigenvalue weighted by atomic mass is 16.5. The van der Waals surface area contributed by atoms with Crippen molar-refractivity contribution in [3.05, 3.63) is 23.5 Å². The third kappa shape index (κ3) is 3.29. The quantitative estimate of drug-likeness (QED) is 0.844. The average Bonchev–Trinajstić information content (AvgIpc) is 3.02. The number of hydrogen-bond acceptors (Lipinski definition) is 5. The fourth-order valence-electron chi connectivity index (χ4n) is 3.25. The minimum Gasteiger partial charge on any atom is -0.481 e. The molecule has 2 N–H and O–H groups in total. The molecule has 3 rings (SSSR count). The SMILES string of the molecule is Cc1nc2c(cnn2C(C)C)cc1C(=O)NCC1(C(=O)O)CCOCC1. The van der Waals surface area contributed by atoms with E-state index in [0.29, 0.717) is 37.3 Å². The molecular weight excluding hydrogens is 336 g/mol. The molecule has 2 aromatic heterocycles. The number of carbonyl (C=O) groups excluding carboxylic acids is 1. The number of aromatic nitrogens is 3. The maximum Gasteiger partial charge on any atom is 0.311 e. The summed E-state index contributed by atoms with van der Waals surface area (Å²) in [6.07, 6.45) is 2.47. The van der Waals surface area contributed by atoms with Gasteiger partial charge >= 0.3 is 5.97 Å². The fourth-order valence-corrected chi connectivity index (χ4v) is 3.25. The van der Waals surface area contributed by atoms with Gasteiger partial charge in [-0.25, -0.2) is 9.67 Å². The molecule has 0 saturated carbocycles. The van der Waals surface area contributed by atoms with Gasteiger partial charge in [0, 0.05) is 31.2 Å². The molecule has 26 heavy (non-hydrogen) atoms. The summed E-state index contributed by atoms with van der Waals surface area (Å²) in [5, 5.41) is 17.5. The van der Waals surface area contributed by atoms with E-state index in [1.54, 1.807) is 19.2 Å². The number of rotatable bonds is 5. The van der Waals surface area contributed by atoms with E-state index in [0.717, 1.165) is 11.0 Å². The first-order valence-corrected chi connectivity index (χ1v) is 8.78. The fraction of sp³-hybridized carbons (Fsp3) is 0.556. The molecule has 0 aliphatic carbocycles. The van der Waals surface area contributed by atoms with Crippen molar-refractivity contribution in [1.29, 1.82) is 0 Å². The third-order valence-electron chi connectivity index (χ3n) is 4.98. The van der Waals surface area contributed by atoms with Gasteiger partial charge in [0.1, 0.15) is 0 Å². The largest absolute Gasteiger partial charge is 0.481 e. The Balaban J connectivity index is 1.81. The molecule has 3 heterocycles. The summed E-state index contributed by atoms with van der Waals surface area (Å²) < 4.78 is 7.07. The number of carboxylic acid groups (broad SMARTS) is 1. The summed E-state index contributed by atoms with van der Waals surface area (Å²) in [6.45, 7) is 6.67. The van der Waals surface area contributed by atoms with Crippen molar-refractivity contribution in [2.24, 2.45) is 5.41 Å². The first kappa shape index (κ1) is 18.3. The number of fused-ring (bicyclic) bond motifs is 1. The van der Waals surface area contributed by atoms with E-state index < -0.39 is 11.4 Å². The van der Waals surface area contributed by atoms with E-state index in [4.69, 9.17) is 4.74 Å². The molecule has 0 atom stereocenters. The summed E-state index contributed by atoms with van der Waals surface area (Å²) >= 11 is 0. The van der Waals surface area contributed by atoms with Gasteiger partial charge in [-0.3, -0.25) is 9.59 Å². The standard InChI is InChI=1S/C18H24N4O4/c1-11(2)22-15-13(9-20-22)8-14(12(3)21-15)16(23)19-10-18(17(24)25)4-6-26-7-5-18/h8-9,11H,4-7,10H2,1-3H3,(H,19,23)(H,24,25). The highest BCUT2D eigenvalue weighted by Gasteiger charge is 2.40. The van der Waals surface area contributed by atoms with Crippen molar-refractivity contribution < 1.29 is 19.4 Å². The van der Waals surface area contributed by atoms with Crippen molar-refractivity contribution in [1.82, 2.24) is 20.1 Å². The van der Waals surface area contributed by atoms with Gasteiger partial charge in [-0.15, -0.1) is 0 Å². The van der Waals surface area contributed by atoms with Gasteiger partial charge in [0.05, 0.1) is 22.9 Å². The van der Waals surface area contributed by atoms with Crippen molar-refractivity contribution in [3.63, 3.8) is 0 Å². The predicted octanol–water partition coefficient (Wildman–Crippen LogP) is 1.93. The summed E-state index contributed by atoms with van der Waals surface area (Å²) in [4.78, 5) is 28.9. The normalized spacial score (nSPS) is 16.8. The van der Waals surface area contributed by atoms with Crippen LogP contribution in [0.5, 0.6) is 0 Å². The Morgan fingerprint density at radius 2 is 2.08 bits per heavy atom. The van der Waals surface area contributed by atoms with E-state index in [9.17, 15) is 14.7 Å². The first-order valence-electron chi connectivity index (χ1n) is 8.78. The number of aryl methyl sites for hydroxylation is 1. The molecule has 8 nitrogen and oxygen atoms in total. The number of ether oxygens (including phenoxy) is 1. The van der Waals surface area contributed by atoms with E-state index in [-0.39, 0.29) is 18.5 Å². The van der Waals surface area contributed by atoms with Crippen LogP contribution in [-0.4, -0.2) is 51.5 Å². The van der Waals surface area contributed by atoms with Crippen LogP contribution in [0.25, 0.3) is 11.0 Å². The maximum atomic E-state index is 12.7. The Labute approximate surface area is 151 Å². The van der Waals surface area contributed by atoms with Crippen molar-refractivity contribution in [3.8, 4) is 0 Å². The van der Waals surface area contributed by atoms with Crippen molar-refractivity contribution in [2.45, 2.75) is 39.7 Å². The summed E-state index contributed by atoms with van der Waals surface area (Å²) in [6, 6.07) is 1.93. The molecule has 1 aliphatic heterocycles. The topological polar surface area (TPSA) is 106 Å². The van der Waals surface area contributed by atoms with Gasteiger partial charge < -0.3 is 15.2 Å². The van der Waals surface area contributed by atoms with Crippen LogP contribution in [0.15, 0.2) is 12.3 Å². The number of amides is 1. The predicted molar refractivity (Wildman–Crippen MR) is 95.1 cm³/mol. The Bertz CT molecular complexity index is 837. The Kier molecular flexibility index (Phi) is 4.95. The molecule has 1 amide bonds. The van der Waals surface area contributed by atoms with Crippen LogP contribution < -0.4 is 5.32 Å². The molecule has 0 aromatic carbocycles. The Morgan fingerprint density at radius 1 is 1.38 bits per heavy atom. The molecule has 1 fully saturated rings. The molecule has 8 heteroatoms. The molecule has 2 aromatic rings. The molecular formula is C18H24N4O4. The number of carboxylic acids is 1. The van der Waals surface area contributed by atoms with E-state index in [2.05, 4.69) is 15.4 Å². The highest BCUT2D eigenvalue weighted by Crippen LogP contribution is 2.30. The van der Waals surface area contributed by atoms with Crippen LogP contribution in [0.3, 0.4) is 0 Å². The first-order chi connectivity index (χ1) is 12.3. The lowest BCUT2D eigenvalue weighted by Crippen LogP contribution is -2.46. The molecule has 0 radical (unpaired) electrons. The number of nitrogens with one attached hydrogen (secondary N) is 1. The van der Waals surface area contributed by atoms with Gasteiger partial charge in [0.2, 0.25) is 0 Å². The number of aliphatic carboxylic acids is 1. The lowest BCUT2D eigenvalue weighted by Gasteiger charge is -2.33. The smallest absolute Gasteiger partial charge is 0.311 e. The Morgan fingerprint density at radius 3 is 2.69 bits per heavy atom.